The number of halogens is 3. The molecule has 4 aromatic rings. The summed E-state index contributed by atoms with van der Waals surface area (Å²) in [6.45, 7) is 5.68. The van der Waals surface area contributed by atoms with E-state index in [1.165, 1.54) is 28.7 Å². The van der Waals surface area contributed by atoms with Crippen molar-refractivity contribution in [3.8, 4) is 15.5 Å². The number of benzene rings is 2. The molecule has 10 heteroatoms. The Morgan fingerprint density at radius 3 is 1.88 bits per heavy atom. The first-order valence-corrected chi connectivity index (χ1v) is 14.8. The molecule has 0 radical (unpaired) electrons. The van der Waals surface area contributed by atoms with E-state index in [2.05, 4.69) is 0 Å². The van der Waals surface area contributed by atoms with Crippen LogP contribution in [0.2, 0.25) is 0 Å². The Morgan fingerprint density at radius 1 is 0.698 bits per heavy atom. The van der Waals surface area contributed by atoms with E-state index in [4.69, 9.17) is 4.74 Å². The summed E-state index contributed by atoms with van der Waals surface area (Å²) in [6, 6.07) is 11.8. The zero-order valence-corrected chi connectivity index (χ0v) is 24.4. The van der Waals surface area contributed by atoms with Gasteiger partial charge in [0.1, 0.15) is 11.4 Å². The number of hydrogen-bond donors (Lipinski definition) is 0. The lowest BCUT2D eigenvalue weighted by Crippen LogP contribution is -2.27. The molecular formula is C33H19F3O5S2. The van der Waals surface area contributed by atoms with Gasteiger partial charge >= 0.3 is 6.18 Å². The minimum atomic E-state index is -4.64. The average molecular weight is 617 g/mol. The van der Waals surface area contributed by atoms with Gasteiger partial charge < -0.3 is 4.74 Å². The molecule has 0 N–H and O–H groups in total. The highest BCUT2D eigenvalue weighted by Gasteiger charge is 2.40. The number of thiophene rings is 2. The lowest BCUT2D eigenvalue weighted by Gasteiger charge is -2.31. The van der Waals surface area contributed by atoms with Crippen LogP contribution in [0.5, 0.6) is 5.75 Å². The van der Waals surface area contributed by atoms with E-state index in [-0.39, 0.29) is 16.7 Å². The Hall–Kier alpha value is -4.41. The Bertz CT molecular complexity index is 2050. The van der Waals surface area contributed by atoms with Crippen LogP contribution in [-0.2, 0) is 21.4 Å². The molecule has 43 heavy (non-hydrogen) atoms. The molecule has 2 aromatic heterocycles. The molecule has 0 spiro atoms. The molecule has 0 amide bonds. The number of Topliss-reactive ketones (excluding diaryl/α,β-unsaturated/α-hetero) is 4. The lowest BCUT2D eigenvalue weighted by molar-refractivity contribution is -0.137. The number of allylic oxidation sites excluding steroid dienone is 2. The van der Waals surface area contributed by atoms with E-state index in [0.29, 0.717) is 27.3 Å². The van der Waals surface area contributed by atoms with Gasteiger partial charge in [0.05, 0.1) is 15.3 Å². The molecule has 2 aliphatic carbocycles. The summed E-state index contributed by atoms with van der Waals surface area (Å²) < 4.78 is 46.0. The largest absolute Gasteiger partial charge is 0.482 e. The molecule has 5 nitrogen and oxygen atoms in total. The number of alkyl halides is 3. The van der Waals surface area contributed by atoms with E-state index < -0.39 is 40.5 Å². The maximum Gasteiger partial charge on any atom is 0.416 e. The lowest BCUT2D eigenvalue weighted by atomic mass is 9.95. The van der Waals surface area contributed by atoms with Crippen LogP contribution in [0.25, 0.3) is 33.1 Å². The van der Waals surface area contributed by atoms with Crippen molar-refractivity contribution >= 4 is 69.1 Å². The van der Waals surface area contributed by atoms with Crippen LogP contribution in [0.3, 0.4) is 0 Å². The predicted molar refractivity (Wildman–Crippen MR) is 158 cm³/mol. The predicted octanol–water partition coefficient (Wildman–Crippen LogP) is 8.04. The van der Waals surface area contributed by atoms with Crippen molar-refractivity contribution in [1.82, 2.24) is 0 Å². The van der Waals surface area contributed by atoms with Gasteiger partial charge in [-0.2, -0.15) is 13.2 Å². The van der Waals surface area contributed by atoms with Crippen molar-refractivity contribution in [3.63, 3.8) is 0 Å². The number of aryl methyl sites for hydroxylation is 1. The third kappa shape index (κ3) is 4.19. The summed E-state index contributed by atoms with van der Waals surface area (Å²) in [4.78, 5) is 53.9. The Kier molecular flexibility index (Phi) is 5.77. The number of rotatable bonds is 2. The van der Waals surface area contributed by atoms with Crippen LogP contribution in [-0.4, -0.2) is 23.1 Å². The molecule has 0 saturated heterocycles. The van der Waals surface area contributed by atoms with E-state index in [0.717, 1.165) is 44.0 Å². The quantitative estimate of drug-likeness (QED) is 0.168. The Balaban J connectivity index is 1.29. The van der Waals surface area contributed by atoms with Gasteiger partial charge in [0.25, 0.3) is 0 Å². The van der Waals surface area contributed by atoms with Crippen LogP contribution in [0.15, 0.2) is 48.5 Å². The number of fused-ring (bicyclic) bond motifs is 5. The molecule has 1 aliphatic heterocycles. The first-order valence-electron chi connectivity index (χ1n) is 13.1. The summed E-state index contributed by atoms with van der Waals surface area (Å²) in [5.74, 6) is -2.34. The SMILES string of the molecule is Cc1ccc2c(c1)C(=O)C(=O)/C2=C\c1cc2c(s1)-c1sc(/C=C3\C(=O)C(=O)c4cc(C(F)(F)F)ccc43)cc1OC2(C)C. The molecule has 3 aliphatic rings. The molecule has 3 heterocycles. The second-order valence-corrected chi connectivity index (χ2v) is 13.3. The third-order valence-electron chi connectivity index (χ3n) is 7.75. The fourth-order valence-electron chi connectivity index (χ4n) is 5.65. The van der Waals surface area contributed by atoms with Crippen molar-refractivity contribution in [3.05, 3.63) is 97.2 Å². The molecular weight excluding hydrogens is 597 g/mol. The molecule has 7 rings (SSSR count). The molecule has 0 atom stereocenters. The third-order valence-corrected chi connectivity index (χ3v) is 10.1. The van der Waals surface area contributed by atoms with Crippen LogP contribution >= 0.6 is 22.7 Å². The fourth-order valence-corrected chi connectivity index (χ4v) is 8.08. The second kappa shape index (κ2) is 9.05. The number of carbonyl (C=O) groups is 4. The Morgan fingerprint density at radius 2 is 1.26 bits per heavy atom. The van der Waals surface area contributed by atoms with E-state index >= 15 is 0 Å². The van der Waals surface area contributed by atoms with Gasteiger partial charge in [0, 0.05) is 37.6 Å². The summed E-state index contributed by atoms with van der Waals surface area (Å²) in [5.41, 5.74) is 1.30. The highest BCUT2D eigenvalue weighted by Crippen LogP contribution is 2.53. The van der Waals surface area contributed by atoms with Gasteiger partial charge in [-0.3, -0.25) is 19.2 Å². The summed E-state index contributed by atoms with van der Waals surface area (Å²) in [6.07, 6.45) is -1.40. The van der Waals surface area contributed by atoms with Gasteiger partial charge in [-0.1, -0.05) is 23.8 Å². The number of ether oxygens (including phenoxy) is 1. The maximum atomic E-state index is 13.2. The Labute approximate surface area is 250 Å². The van der Waals surface area contributed by atoms with Crippen molar-refractivity contribution in [2.75, 3.05) is 0 Å². The highest BCUT2D eigenvalue weighted by atomic mass is 32.1. The van der Waals surface area contributed by atoms with Gasteiger partial charge in [-0.15, -0.1) is 22.7 Å². The van der Waals surface area contributed by atoms with Crippen LogP contribution in [0.1, 0.15) is 72.1 Å². The zero-order valence-electron chi connectivity index (χ0n) is 22.8. The van der Waals surface area contributed by atoms with Crippen molar-refractivity contribution in [2.24, 2.45) is 0 Å². The standard InChI is InChI=1S/C33H19F3O5S2/c1-14-4-6-18-20(8-14)26(37)28(39)22(18)10-16-12-24-30(42-16)31-25(41-32(24,2)3)13-17(43-31)11-23-19-7-5-15(33(34,35)36)9-21(19)27(38)29(23)40/h4-13H,1-3H3/b22-10-,23-11-. The zero-order chi connectivity index (χ0) is 30.6. The number of ketones is 4. The molecule has 0 saturated carbocycles. The van der Waals surface area contributed by atoms with Gasteiger partial charge in [-0.05, 0) is 74.4 Å². The summed E-state index contributed by atoms with van der Waals surface area (Å²) >= 11 is 2.76. The fraction of sp³-hybridized carbons (Fsp3) is 0.152. The van der Waals surface area contributed by atoms with E-state index in [1.54, 1.807) is 24.3 Å². The van der Waals surface area contributed by atoms with Crippen molar-refractivity contribution < 1.29 is 37.1 Å². The molecule has 0 unspecified atom stereocenters. The second-order valence-electron chi connectivity index (χ2n) is 11.1. The smallest absolute Gasteiger partial charge is 0.416 e. The minimum Gasteiger partial charge on any atom is -0.482 e. The van der Waals surface area contributed by atoms with Gasteiger partial charge in [0.2, 0.25) is 23.1 Å². The van der Waals surface area contributed by atoms with Crippen LogP contribution < -0.4 is 4.74 Å². The van der Waals surface area contributed by atoms with Crippen molar-refractivity contribution in [2.45, 2.75) is 32.5 Å². The topological polar surface area (TPSA) is 77.5 Å². The van der Waals surface area contributed by atoms with Crippen LogP contribution in [0.4, 0.5) is 13.2 Å². The maximum absolute atomic E-state index is 13.2. The molecule has 2 aromatic carbocycles. The normalized spacial score (nSPS) is 18.7. The molecule has 0 bridgehead atoms. The highest BCUT2D eigenvalue weighted by molar-refractivity contribution is 7.23. The summed E-state index contributed by atoms with van der Waals surface area (Å²) in [7, 11) is 0. The van der Waals surface area contributed by atoms with Crippen LogP contribution in [0, 0.1) is 6.92 Å². The monoisotopic (exact) mass is 616 g/mol. The number of carbonyl (C=O) groups excluding carboxylic acids is 4. The molecule has 0 fully saturated rings. The summed E-state index contributed by atoms with van der Waals surface area (Å²) in [5, 5.41) is 0. The average Bonchev–Trinajstić information content (AvgIpc) is 3.66. The first-order chi connectivity index (χ1) is 20.2. The molecule has 214 valence electrons. The minimum absolute atomic E-state index is 0.0294. The number of hydrogen-bond acceptors (Lipinski definition) is 7. The van der Waals surface area contributed by atoms with Gasteiger partial charge in [0.15, 0.2) is 0 Å². The van der Waals surface area contributed by atoms with E-state index in [9.17, 15) is 32.3 Å². The van der Waals surface area contributed by atoms with E-state index in [1.807, 2.05) is 32.9 Å². The van der Waals surface area contributed by atoms with Crippen molar-refractivity contribution in [1.29, 1.82) is 0 Å². The first kappa shape index (κ1) is 27.4. The van der Waals surface area contributed by atoms with Gasteiger partial charge in [-0.25, -0.2) is 0 Å².